The second kappa shape index (κ2) is 5.02. The Morgan fingerprint density at radius 3 is 3.00 bits per heavy atom. The minimum atomic E-state index is 0.402. The van der Waals surface area contributed by atoms with E-state index in [1.807, 2.05) is 12.4 Å². The largest absolute Gasteiger partial charge is 0.377 e. The van der Waals surface area contributed by atoms with Crippen LogP contribution in [-0.4, -0.2) is 29.2 Å². The van der Waals surface area contributed by atoms with Crippen LogP contribution in [0.2, 0.25) is 0 Å². The van der Waals surface area contributed by atoms with Crippen molar-refractivity contribution in [3.8, 4) is 0 Å². The highest BCUT2D eigenvalue weighted by molar-refractivity contribution is 5.01. The molecule has 0 radical (unpaired) electrons. The fourth-order valence-corrected chi connectivity index (χ4v) is 1.60. The molecule has 0 amide bonds. The molecule has 1 aromatic rings. The molecular weight excluding hydrogens is 178 g/mol. The van der Waals surface area contributed by atoms with E-state index in [0.29, 0.717) is 6.10 Å². The minimum Gasteiger partial charge on any atom is -0.377 e. The van der Waals surface area contributed by atoms with Crippen LogP contribution in [-0.2, 0) is 11.3 Å². The topological polar surface area (TPSA) is 47.0 Å². The van der Waals surface area contributed by atoms with Gasteiger partial charge in [-0.05, 0) is 12.8 Å². The predicted octanol–water partition coefficient (Wildman–Crippen LogP) is 0.745. The Balaban J connectivity index is 1.67. The number of aromatic nitrogens is 2. The molecule has 0 bridgehead atoms. The van der Waals surface area contributed by atoms with Gasteiger partial charge in [0.15, 0.2) is 0 Å². The van der Waals surface area contributed by atoms with Gasteiger partial charge in [-0.3, -0.25) is 0 Å². The normalized spacial score (nSPS) is 21.3. The Morgan fingerprint density at radius 2 is 2.29 bits per heavy atom. The highest BCUT2D eigenvalue weighted by Gasteiger charge is 2.14. The molecule has 14 heavy (non-hydrogen) atoms. The first-order valence-corrected chi connectivity index (χ1v) is 5.01. The molecule has 2 heterocycles. The van der Waals surface area contributed by atoms with Crippen LogP contribution in [0.3, 0.4) is 0 Å². The number of hydrogen-bond donors (Lipinski definition) is 1. The van der Waals surface area contributed by atoms with E-state index in [0.717, 1.165) is 25.3 Å². The molecule has 1 fully saturated rings. The highest BCUT2D eigenvalue weighted by Crippen LogP contribution is 2.10. The van der Waals surface area contributed by atoms with Gasteiger partial charge < -0.3 is 10.1 Å². The standard InChI is InChI=1S/C10H15N3O/c1-2-10(14-3-1)7-11-4-9-5-12-8-13-6-9/h5-6,8,10-11H,1-4,7H2. The van der Waals surface area contributed by atoms with Gasteiger partial charge in [0.2, 0.25) is 0 Å². The maximum atomic E-state index is 5.50. The van der Waals surface area contributed by atoms with Crippen molar-refractivity contribution in [1.29, 1.82) is 0 Å². The lowest BCUT2D eigenvalue weighted by molar-refractivity contribution is 0.110. The maximum Gasteiger partial charge on any atom is 0.115 e. The molecule has 1 atom stereocenters. The van der Waals surface area contributed by atoms with E-state index in [2.05, 4.69) is 15.3 Å². The van der Waals surface area contributed by atoms with Crippen molar-refractivity contribution < 1.29 is 4.74 Å². The molecule has 0 aromatic carbocycles. The fourth-order valence-electron chi connectivity index (χ4n) is 1.60. The van der Waals surface area contributed by atoms with E-state index in [1.165, 1.54) is 12.8 Å². The van der Waals surface area contributed by atoms with Crippen LogP contribution in [0.25, 0.3) is 0 Å². The van der Waals surface area contributed by atoms with Gasteiger partial charge in [0.1, 0.15) is 6.33 Å². The molecule has 2 rings (SSSR count). The van der Waals surface area contributed by atoms with Crippen LogP contribution >= 0.6 is 0 Å². The Kier molecular flexibility index (Phi) is 3.43. The van der Waals surface area contributed by atoms with Crippen LogP contribution < -0.4 is 5.32 Å². The molecule has 0 aliphatic carbocycles. The molecule has 4 nitrogen and oxygen atoms in total. The highest BCUT2D eigenvalue weighted by atomic mass is 16.5. The third-order valence-electron chi connectivity index (χ3n) is 2.34. The third kappa shape index (κ3) is 2.75. The van der Waals surface area contributed by atoms with E-state index >= 15 is 0 Å². The maximum absolute atomic E-state index is 5.50. The molecular formula is C10H15N3O. The Bertz CT molecular complexity index is 259. The SMILES string of the molecule is c1ncc(CNCC2CCCO2)cn1. The van der Waals surface area contributed by atoms with Crippen molar-refractivity contribution in [2.75, 3.05) is 13.2 Å². The number of ether oxygens (including phenoxy) is 1. The minimum absolute atomic E-state index is 0.402. The summed E-state index contributed by atoms with van der Waals surface area (Å²) < 4.78 is 5.50. The number of hydrogen-bond acceptors (Lipinski definition) is 4. The summed E-state index contributed by atoms with van der Waals surface area (Å²) in [7, 11) is 0. The first-order valence-electron chi connectivity index (χ1n) is 5.01. The van der Waals surface area contributed by atoms with Crippen LogP contribution in [0.15, 0.2) is 18.7 Å². The Labute approximate surface area is 83.7 Å². The van der Waals surface area contributed by atoms with Gasteiger partial charge in [0.25, 0.3) is 0 Å². The van der Waals surface area contributed by atoms with Gasteiger partial charge >= 0.3 is 0 Å². The third-order valence-corrected chi connectivity index (χ3v) is 2.34. The van der Waals surface area contributed by atoms with Crippen molar-refractivity contribution in [1.82, 2.24) is 15.3 Å². The Hall–Kier alpha value is -1.00. The quantitative estimate of drug-likeness (QED) is 0.766. The summed E-state index contributed by atoms with van der Waals surface area (Å²) in [4.78, 5) is 7.91. The number of nitrogens with one attached hydrogen (secondary N) is 1. The second-order valence-electron chi connectivity index (χ2n) is 3.51. The van der Waals surface area contributed by atoms with E-state index in [4.69, 9.17) is 4.74 Å². The van der Waals surface area contributed by atoms with E-state index in [-0.39, 0.29) is 0 Å². The van der Waals surface area contributed by atoms with E-state index < -0.39 is 0 Å². The molecule has 1 saturated heterocycles. The van der Waals surface area contributed by atoms with Gasteiger partial charge in [-0.1, -0.05) is 0 Å². The van der Waals surface area contributed by atoms with Gasteiger partial charge in [0.05, 0.1) is 6.10 Å². The van der Waals surface area contributed by atoms with Crippen molar-refractivity contribution in [3.63, 3.8) is 0 Å². The summed E-state index contributed by atoms with van der Waals surface area (Å²) in [5.41, 5.74) is 1.12. The summed E-state index contributed by atoms with van der Waals surface area (Å²) in [5.74, 6) is 0. The zero-order valence-electron chi connectivity index (χ0n) is 8.15. The van der Waals surface area contributed by atoms with E-state index in [9.17, 15) is 0 Å². The number of nitrogens with zero attached hydrogens (tertiary/aromatic N) is 2. The lowest BCUT2D eigenvalue weighted by Gasteiger charge is -2.09. The summed E-state index contributed by atoms with van der Waals surface area (Å²) in [6.45, 7) is 2.66. The molecule has 1 N–H and O–H groups in total. The van der Waals surface area contributed by atoms with Crippen LogP contribution in [0.4, 0.5) is 0 Å². The predicted molar refractivity (Wildman–Crippen MR) is 52.7 cm³/mol. The fraction of sp³-hybridized carbons (Fsp3) is 0.600. The van der Waals surface area contributed by atoms with Crippen molar-refractivity contribution in [2.24, 2.45) is 0 Å². The van der Waals surface area contributed by atoms with Gasteiger partial charge in [-0.2, -0.15) is 0 Å². The summed E-state index contributed by atoms with van der Waals surface area (Å²) >= 11 is 0. The second-order valence-corrected chi connectivity index (χ2v) is 3.51. The smallest absolute Gasteiger partial charge is 0.115 e. The molecule has 4 heteroatoms. The number of rotatable bonds is 4. The van der Waals surface area contributed by atoms with Gasteiger partial charge in [0, 0.05) is 37.7 Å². The van der Waals surface area contributed by atoms with Crippen LogP contribution in [0.5, 0.6) is 0 Å². The molecule has 0 spiro atoms. The van der Waals surface area contributed by atoms with Crippen molar-refractivity contribution in [2.45, 2.75) is 25.5 Å². The lowest BCUT2D eigenvalue weighted by Crippen LogP contribution is -2.25. The summed E-state index contributed by atoms with van der Waals surface area (Å²) in [5, 5.41) is 3.34. The lowest BCUT2D eigenvalue weighted by atomic mass is 10.2. The van der Waals surface area contributed by atoms with Crippen molar-refractivity contribution in [3.05, 3.63) is 24.3 Å². The summed E-state index contributed by atoms with van der Waals surface area (Å²) in [6.07, 6.45) is 7.98. The molecule has 76 valence electrons. The molecule has 0 saturated carbocycles. The average molecular weight is 193 g/mol. The van der Waals surface area contributed by atoms with Gasteiger partial charge in [-0.25, -0.2) is 9.97 Å². The first-order chi connectivity index (χ1) is 6.95. The molecule has 1 unspecified atom stereocenters. The van der Waals surface area contributed by atoms with Crippen molar-refractivity contribution >= 4 is 0 Å². The summed E-state index contributed by atoms with van der Waals surface area (Å²) in [6, 6.07) is 0. The van der Waals surface area contributed by atoms with E-state index in [1.54, 1.807) is 6.33 Å². The monoisotopic (exact) mass is 193 g/mol. The average Bonchev–Trinajstić information content (AvgIpc) is 2.72. The first kappa shape index (κ1) is 9.55. The zero-order valence-corrected chi connectivity index (χ0v) is 8.15. The molecule has 1 aliphatic rings. The van der Waals surface area contributed by atoms with Crippen LogP contribution in [0, 0.1) is 0 Å². The molecule has 1 aromatic heterocycles. The molecule has 1 aliphatic heterocycles. The van der Waals surface area contributed by atoms with Gasteiger partial charge in [-0.15, -0.1) is 0 Å². The van der Waals surface area contributed by atoms with Crippen LogP contribution in [0.1, 0.15) is 18.4 Å². The zero-order chi connectivity index (χ0) is 9.64. The Morgan fingerprint density at radius 1 is 1.43 bits per heavy atom.